The number of aliphatic hydroxyl groups excluding tert-OH is 1. The summed E-state index contributed by atoms with van der Waals surface area (Å²) in [6.45, 7) is 2.07. The number of halogens is 1. The van der Waals surface area contributed by atoms with E-state index in [1.54, 1.807) is 11.8 Å². The van der Waals surface area contributed by atoms with E-state index in [1.807, 2.05) is 31.3 Å². The fourth-order valence-corrected chi connectivity index (χ4v) is 3.57. The second-order valence-corrected chi connectivity index (χ2v) is 7.23. The number of thioether (sulfide) groups is 1. The van der Waals surface area contributed by atoms with Crippen molar-refractivity contribution in [1.29, 1.82) is 0 Å². The fraction of sp³-hybridized carbons (Fsp3) is 0.235. The molecule has 1 aromatic heterocycles. The van der Waals surface area contributed by atoms with Crippen LogP contribution in [0.25, 0.3) is 11.0 Å². The molecule has 1 unspecified atom stereocenters. The van der Waals surface area contributed by atoms with Gasteiger partial charge in [0.25, 0.3) is 0 Å². The molecule has 1 heterocycles. The summed E-state index contributed by atoms with van der Waals surface area (Å²) in [4.78, 5) is 4.66. The molecule has 0 saturated heterocycles. The number of hydrogen-bond acceptors (Lipinski definition) is 3. The molecule has 0 aliphatic carbocycles. The van der Waals surface area contributed by atoms with Gasteiger partial charge in [-0.2, -0.15) is 0 Å². The summed E-state index contributed by atoms with van der Waals surface area (Å²) in [6.07, 6.45) is -0.500. The number of aliphatic hydroxyl groups is 1. The highest BCUT2D eigenvalue weighted by Gasteiger charge is 2.12. The number of aryl methyl sites for hydroxylation is 2. The van der Waals surface area contributed by atoms with Gasteiger partial charge in [-0.15, -0.1) is 0 Å². The van der Waals surface area contributed by atoms with Crippen LogP contribution in [-0.2, 0) is 7.05 Å². The van der Waals surface area contributed by atoms with E-state index < -0.39 is 6.10 Å². The zero-order valence-corrected chi connectivity index (χ0v) is 14.9. The summed E-state index contributed by atoms with van der Waals surface area (Å²) < 4.78 is 3.09. The van der Waals surface area contributed by atoms with E-state index in [-0.39, 0.29) is 0 Å². The van der Waals surface area contributed by atoms with Crippen molar-refractivity contribution in [3.63, 3.8) is 0 Å². The highest BCUT2D eigenvalue weighted by Crippen LogP contribution is 2.27. The number of aromatic nitrogens is 2. The predicted octanol–water partition coefficient (Wildman–Crippen LogP) is 4.47. The van der Waals surface area contributed by atoms with Gasteiger partial charge in [0, 0.05) is 17.3 Å². The van der Waals surface area contributed by atoms with Crippen molar-refractivity contribution in [2.24, 2.45) is 7.05 Å². The van der Waals surface area contributed by atoms with Crippen LogP contribution in [0.1, 0.15) is 17.2 Å². The van der Waals surface area contributed by atoms with Gasteiger partial charge in [-0.1, -0.05) is 45.9 Å². The number of hydrogen-bond donors (Lipinski definition) is 1. The predicted molar refractivity (Wildman–Crippen MR) is 95.3 cm³/mol. The van der Waals surface area contributed by atoms with Crippen LogP contribution in [-0.4, -0.2) is 20.4 Å². The number of fused-ring (bicyclic) bond motifs is 1. The normalized spacial score (nSPS) is 12.7. The van der Waals surface area contributed by atoms with E-state index in [0.717, 1.165) is 26.2 Å². The Hall–Kier alpha value is -1.30. The molecule has 3 rings (SSSR count). The van der Waals surface area contributed by atoms with Gasteiger partial charge in [-0.25, -0.2) is 4.98 Å². The Morgan fingerprint density at radius 2 is 1.95 bits per heavy atom. The molecule has 1 N–H and O–H groups in total. The van der Waals surface area contributed by atoms with Crippen molar-refractivity contribution in [2.75, 3.05) is 5.75 Å². The van der Waals surface area contributed by atoms with Crippen LogP contribution >= 0.6 is 27.7 Å². The molecule has 22 heavy (non-hydrogen) atoms. The first-order chi connectivity index (χ1) is 10.5. The molecule has 0 radical (unpaired) electrons. The summed E-state index contributed by atoms with van der Waals surface area (Å²) in [5.41, 5.74) is 4.25. The van der Waals surface area contributed by atoms with Gasteiger partial charge in [-0.3, -0.25) is 0 Å². The van der Waals surface area contributed by atoms with E-state index in [9.17, 15) is 5.11 Å². The first-order valence-corrected chi connectivity index (χ1v) is 8.82. The third-order valence-electron chi connectivity index (χ3n) is 3.62. The third-order valence-corrected chi connectivity index (χ3v) is 5.25. The molecule has 2 aromatic carbocycles. The molecule has 114 valence electrons. The molecule has 0 aliphatic rings. The maximum atomic E-state index is 10.3. The highest BCUT2D eigenvalue weighted by molar-refractivity contribution is 9.10. The number of benzene rings is 2. The maximum absolute atomic E-state index is 10.3. The molecule has 3 aromatic rings. The van der Waals surface area contributed by atoms with E-state index in [4.69, 9.17) is 0 Å². The lowest BCUT2D eigenvalue weighted by molar-refractivity contribution is 0.204. The average molecular weight is 377 g/mol. The Morgan fingerprint density at radius 3 is 2.68 bits per heavy atom. The van der Waals surface area contributed by atoms with Gasteiger partial charge < -0.3 is 9.67 Å². The highest BCUT2D eigenvalue weighted by atomic mass is 79.9. The topological polar surface area (TPSA) is 38.1 Å². The standard InChI is InChI=1S/C17H17BrN2OS/c1-11-3-8-15-14(9-11)19-17(20(15)2)22-10-16(21)12-4-6-13(18)7-5-12/h3-9,16,21H,10H2,1-2H3. The largest absolute Gasteiger partial charge is 0.388 e. The Balaban J connectivity index is 1.76. The first kappa shape index (κ1) is 15.6. The summed E-state index contributed by atoms with van der Waals surface area (Å²) in [7, 11) is 2.01. The molecule has 0 saturated carbocycles. The minimum absolute atomic E-state index is 0.500. The second kappa shape index (κ2) is 6.44. The maximum Gasteiger partial charge on any atom is 0.168 e. The zero-order chi connectivity index (χ0) is 15.7. The van der Waals surface area contributed by atoms with Crippen molar-refractivity contribution in [1.82, 2.24) is 9.55 Å². The van der Waals surface area contributed by atoms with Gasteiger partial charge in [0.2, 0.25) is 0 Å². The van der Waals surface area contributed by atoms with Crippen LogP contribution in [0.5, 0.6) is 0 Å². The second-order valence-electron chi connectivity index (χ2n) is 5.32. The van der Waals surface area contributed by atoms with Gasteiger partial charge >= 0.3 is 0 Å². The van der Waals surface area contributed by atoms with E-state index >= 15 is 0 Å². The molecule has 0 amide bonds. The van der Waals surface area contributed by atoms with Crippen molar-refractivity contribution in [2.45, 2.75) is 18.2 Å². The summed E-state index contributed by atoms with van der Waals surface area (Å²) in [5, 5.41) is 11.2. The molecule has 0 aliphatic heterocycles. The molecular weight excluding hydrogens is 360 g/mol. The lowest BCUT2D eigenvalue weighted by atomic mass is 10.1. The Bertz CT molecular complexity index is 798. The Morgan fingerprint density at radius 1 is 1.23 bits per heavy atom. The molecular formula is C17H17BrN2OS. The zero-order valence-electron chi connectivity index (χ0n) is 12.5. The number of imidazole rings is 1. The van der Waals surface area contributed by atoms with Crippen molar-refractivity contribution < 1.29 is 5.11 Å². The minimum atomic E-state index is -0.500. The van der Waals surface area contributed by atoms with Gasteiger partial charge in [0.15, 0.2) is 5.16 Å². The van der Waals surface area contributed by atoms with Crippen LogP contribution in [0, 0.1) is 6.92 Å². The van der Waals surface area contributed by atoms with Crippen LogP contribution in [0.3, 0.4) is 0 Å². The van der Waals surface area contributed by atoms with Gasteiger partial charge in [0.1, 0.15) is 0 Å². The van der Waals surface area contributed by atoms with Gasteiger partial charge in [-0.05, 0) is 42.3 Å². The van der Waals surface area contributed by atoms with Crippen molar-refractivity contribution >= 4 is 38.7 Å². The monoisotopic (exact) mass is 376 g/mol. The minimum Gasteiger partial charge on any atom is -0.388 e. The van der Waals surface area contributed by atoms with Crippen LogP contribution in [0.4, 0.5) is 0 Å². The SMILES string of the molecule is Cc1ccc2c(c1)nc(SCC(O)c1ccc(Br)cc1)n2C. The van der Waals surface area contributed by atoms with Crippen LogP contribution in [0.15, 0.2) is 52.1 Å². The number of rotatable bonds is 4. The molecule has 1 atom stereocenters. The molecule has 5 heteroatoms. The average Bonchev–Trinajstić information content (AvgIpc) is 2.81. The summed E-state index contributed by atoms with van der Waals surface area (Å²) >= 11 is 4.98. The quantitative estimate of drug-likeness (QED) is 0.682. The Labute approximate surface area is 142 Å². The van der Waals surface area contributed by atoms with Crippen molar-refractivity contribution in [3.05, 3.63) is 58.1 Å². The molecule has 0 bridgehead atoms. The summed E-state index contributed by atoms with van der Waals surface area (Å²) in [6, 6.07) is 14.0. The lowest BCUT2D eigenvalue weighted by Crippen LogP contribution is -2.01. The Kier molecular flexibility index (Phi) is 4.57. The van der Waals surface area contributed by atoms with E-state index in [2.05, 4.69) is 50.6 Å². The smallest absolute Gasteiger partial charge is 0.168 e. The molecule has 3 nitrogen and oxygen atoms in total. The van der Waals surface area contributed by atoms with Crippen molar-refractivity contribution in [3.8, 4) is 0 Å². The van der Waals surface area contributed by atoms with E-state index in [0.29, 0.717) is 5.75 Å². The fourth-order valence-electron chi connectivity index (χ4n) is 2.35. The molecule has 0 fully saturated rings. The number of nitrogens with zero attached hydrogens (tertiary/aromatic N) is 2. The molecule has 0 spiro atoms. The van der Waals surface area contributed by atoms with E-state index in [1.165, 1.54) is 5.56 Å². The first-order valence-electron chi connectivity index (χ1n) is 7.04. The van der Waals surface area contributed by atoms with Crippen LogP contribution < -0.4 is 0 Å². The van der Waals surface area contributed by atoms with Gasteiger partial charge in [0.05, 0.1) is 17.1 Å². The van der Waals surface area contributed by atoms with Crippen LogP contribution in [0.2, 0.25) is 0 Å². The lowest BCUT2D eigenvalue weighted by Gasteiger charge is -2.10. The third kappa shape index (κ3) is 3.21. The summed E-state index contributed by atoms with van der Waals surface area (Å²) in [5.74, 6) is 0.581.